The fourth-order valence-electron chi connectivity index (χ4n) is 12.7. The molecule has 1 radical (unpaired) electrons. The Kier molecular flexibility index (Phi) is 58.8. The molecule has 4 N–H and O–H groups in total. The molecule has 0 spiro atoms. The Morgan fingerprint density at radius 1 is 0.350 bits per heavy atom. The van der Waals surface area contributed by atoms with Crippen molar-refractivity contribution in [2.24, 2.45) is 23.7 Å². The van der Waals surface area contributed by atoms with Crippen LogP contribution in [0, 0.1) is 30.7 Å². The maximum Gasteiger partial charge on any atom is 0.334 e. The van der Waals surface area contributed by atoms with E-state index in [1.54, 1.807) is 20.8 Å². The molecule has 0 aliphatic carbocycles. The minimum Gasteiger partial charge on any atom is -0.508 e. The molecule has 6 heterocycles. The van der Waals surface area contributed by atoms with Crippen LogP contribution in [0.3, 0.4) is 0 Å². The number of Topliss-reactive ketones (excluding diaryl/α,β-unsaturated/α-hetero) is 3. The number of carbonyl (C=O) groups is 30. The monoisotopic (exact) mass is 2240 g/mol. The average molecular weight is 2240 g/mol. The molecule has 765 valence electrons. The number of allylic oxidation sites excluding steroid dienone is 3. The van der Waals surface area contributed by atoms with Gasteiger partial charge in [-0.05, 0) is 68.3 Å². The number of nitrogens with zero attached hydrogens (tertiary/aromatic N) is 9. The SMILES string of the molecule is C/C=C/C(=O)NCC(CCC(=O)/C=C/Br)C(=O)N(CCC(=O)ON1C(=O)CCC1=O)CCC(=O)ON1C(=O)CCC1=O.C=CC(=O)CCC(CNC(=O)C=C)C(=O)N(CCC(=O)ON1C(=O)CCC1=O)CCC(=O)ON1C(=O)CCC1=O.CCC(=O)NCC(CCC(=O)CBr)C(=O)N(CCC(=O)ON1C(=O)CCC1=O)CCC(=O)ON1C(=O)CCC1=O.[CH2-]NC(=O)C(CCC(=O)CC)CCC(=O)CBr.[Y]. The molecule has 6 aliphatic heterocycles. The molecule has 6 fully saturated rings. The van der Waals surface area contributed by atoms with Crippen LogP contribution in [0.1, 0.15) is 213 Å². The Morgan fingerprint density at radius 3 is 0.836 bits per heavy atom. The summed E-state index contributed by atoms with van der Waals surface area (Å²) in [6.07, 6.45) is 4.20. The number of hydrogen-bond acceptors (Lipinski definition) is 36. The Hall–Kier alpha value is -12.2. The molecule has 140 heavy (non-hydrogen) atoms. The summed E-state index contributed by atoms with van der Waals surface area (Å²) in [6.45, 7) is 9.28. The first-order valence-electron chi connectivity index (χ1n) is 44.0. The van der Waals surface area contributed by atoms with E-state index in [4.69, 9.17) is 29.0 Å². The van der Waals surface area contributed by atoms with E-state index in [0.29, 0.717) is 67.8 Å². The van der Waals surface area contributed by atoms with Crippen molar-refractivity contribution in [1.29, 1.82) is 0 Å². The second-order valence-corrected chi connectivity index (χ2v) is 32.4. The molecular formula is C87H111Br3N13O36Y-. The average Bonchev–Trinajstić information content (AvgIpc) is 1.69. The van der Waals surface area contributed by atoms with Gasteiger partial charge in [-0.25, -0.2) is 28.8 Å². The number of alkyl halides is 2. The third-order valence-electron chi connectivity index (χ3n) is 20.6. The van der Waals surface area contributed by atoms with Gasteiger partial charge in [-0.2, -0.15) is 0 Å². The number of halogens is 3. The van der Waals surface area contributed by atoms with Crippen LogP contribution in [-0.4, -0.2) is 292 Å². The first-order valence-corrected chi connectivity index (χ1v) is 47.1. The van der Waals surface area contributed by atoms with Crippen molar-refractivity contribution in [3.05, 3.63) is 55.6 Å². The topological polar surface area (TPSA) is 645 Å². The summed E-state index contributed by atoms with van der Waals surface area (Å²) in [5.41, 5.74) is 0. The van der Waals surface area contributed by atoms with Crippen LogP contribution in [0.2, 0.25) is 0 Å². The smallest absolute Gasteiger partial charge is 0.334 e. The van der Waals surface area contributed by atoms with Gasteiger partial charge >= 0.3 is 35.8 Å². The summed E-state index contributed by atoms with van der Waals surface area (Å²) in [4.78, 5) is 394. The van der Waals surface area contributed by atoms with Crippen LogP contribution >= 0.6 is 47.8 Å². The molecule has 6 rings (SSSR count). The standard InChI is InChI=1S/C26H31BrN4O11.C25H30N4O11.C24H31BrN4O11.C12H19BrNO3.Y/c1-2-3-19(33)28-16-17(4-5-18(32)10-13-27)26(40)29(14-11-24(38)41-30-20(34)6-7-21(30)35)15-12-25(39)42-31-22(36)8-9-23(31)37;1-3-17(30)6-5-16(15-26-18(31)4-2)25(38)27(13-11-23(36)39-28-19(32)7-8-20(28)33)14-12-24(37)40-29-21(34)9-10-22(29)35;1-2-17(31)26-14-15(3-4-16(30)13-25)24(38)27(11-9-22(36)39-28-18(32)5-6-19(28)33)12-10-23(37)40-29-20(34)7-8-21(29)35;1-3-10(15)6-4-9(12(17)14-2)5-7-11(16)8-13;/h2-3,10,13,17H,4-9,11-12,14-16H2,1H3,(H,28,33);3-4,16H,1-2,5-15H2,(H,26,31);15H,2-14H2,1H3,(H,26,31);9H,2-8H2,1H3,(H,14,17);/q;;;-1;/b3-2+,13-10+;;;;. The van der Waals surface area contributed by atoms with E-state index in [1.807, 2.05) is 0 Å². The van der Waals surface area contributed by atoms with E-state index in [2.05, 4.69) is 89.3 Å². The maximum absolute atomic E-state index is 13.6. The van der Waals surface area contributed by atoms with Crippen molar-refractivity contribution in [2.75, 3.05) is 69.6 Å². The predicted molar refractivity (Wildman–Crippen MR) is 480 cm³/mol. The van der Waals surface area contributed by atoms with Crippen LogP contribution < -0.4 is 21.3 Å². The number of hydroxylamine groups is 12. The molecule has 0 aromatic heterocycles. The number of ketones is 5. The van der Waals surface area contributed by atoms with Gasteiger partial charge in [0.25, 0.3) is 70.9 Å². The van der Waals surface area contributed by atoms with E-state index in [0.717, 1.165) is 26.9 Å². The fraction of sp³-hybridized carbons (Fsp3) is 0.552. The summed E-state index contributed by atoms with van der Waals surface area (Å²) in [5, 5.41) is 12.5. The van der Waals surface area contributed by atoms with Gasteiger partial charge in [0.05, 0.1) is 66.9 Å². The van der Waals surface area contributed by atoms with Gasteiger partial charge in [-0.15, -0.1) is 30.4 Å². The van der Waals surface area contributed by atoms with Crippen LogP contribution in [-0.2, 0) is 206 Å². The first kappa shape index (κ1) is 124. The molecule has 0 bridgehead atoms. The van der Waals surface area contributed by atoms with Crippen molar-refractivity contribution in [2.45, 2.75) is 213 Å². The molecule has 0 aromatic rings. The van der Waals surface area contributed by atoms with Crippen molar-refractivity contribution >= 4 is 225 Å². The summed E-state index contributed by atoms with van der Waals surface area (Å²) < 4.78 is 0. The third kappa shape index (κ3) is 45.4. The zero-order valence-corrected chi connectivity index (χ0v) is 84.9. The summed E-state index contributed by atoms with van der Waals surface area (Å²) in [6, 6.07) is 0. The second-order valence-electron chi connectivity index (χ2n) is 30.8. The predicted octanol–water partition coefficient (Wildman–Crippen LogP) is 1.35. The molecule has 19 amide bonds. The van der Waals surface area contributed by atoms with E-state index in [1.165, 1.54) is 23.2 Å². The van der Waals surface area contributed by atoms with E-state index < -0.39 is 193 Å². The molecule has 4 unspecified atom stereocenters. The molecule has 49 nitrogen and oxygen atoms in total. The van der Waals surface area contributed by atoms with E-state index in [-0.39, 0.29) is 266 Å². The fourth-order valence-corrected chi connectivity index (χ4v) is 13.6. The van der Waals surface area contributed by atoms with Gasteiger partial charge in [-0.3, -0.25) is 122 Å². The number of amides is 19. The summed E-state index contributed by atoms with van der Waals surface area (Å²) >= 11 is 9.13. The van der Waals surface area contributed by atoms with Gasteiger partial charge in [-0.1, -0.05) is 80.9 Å². The Morgan fingerprint density at radius 2 is 0.600 bits per heavy atom. The minimum absolute atomic E-state index is 0. The summed E-state index contributed by atoms with van der Waals surface area (Å²) in [7, 11) is 3.32. The quantitative estimate of drug-likeness (QED) is 0.0289. The second kappa shape index (κ2) is 66.4. The van der Waals surface area contributed by atoms with Crippen molar-refractivity contribution in [3.63, 3.8) is 0 Å². The largest absolute Gasteiger partial charge is 0.508 e. The number of imide groups is 6. The van der Waals surface area contributed by atoms with Crippen molar-refractivity contribution < 1.29 is 206 Å². The van der Waals surface area contributed by atoms with Gasteiger partial charge in [0, 0.05) is 220 Å². The molecule has 53 heteroatoms. The first-order chi connectivity index (χ1) is 65.9. The Bertz CT molecular complexity index is 4380. The number of carbonyl (C=O) groups excluding carboxylic acids is 30. The molecular weight excluding hydrogens is 2130 g/mol. The van der Waals surface area contributed by atoms with Crippen LogP contribution in [0.25, 0.3) is 0 Å². The zero-order chi connectivity index (χ0) is 104. The minimum atomic E-state index is -1.00. The molecule has 6 saturated heterocycles. The number of rotatable bonds is 57. The van der Waals surface area contributed by atoms with Crippen LogP contribution in [0.4, 0.5) is 0 Å². The van der Waals surface area contributed by atoms with Gasteiger partial charge in [0.15, 0.2) is 17.5 Å². The zero-order valence-electron chi connectivity index (χ0n) is 77.3. The van der Waals surface area contributed by atoms with Crippen LogP contribution in [0.15, 0.2) is 48.5 Å². The molecule has 4 atom stereocenters. The van der Waals surface area contributed by atoms with Gasteiger partial charge in [0.1, 0.15) is 17.3 Å². The maximum atomic E-state index is 13.6. The van der Waals surface area contributed by atoms with Crippen molar-refractivity contribution in [3.8, 4) is 0 Å². The van der Waals surface area contributed by atoms with Gasteiger partial charge in [0.2, 0.25) is 35.4 Å². The normalized spacial score (nSPS) is 15.2. The molecule has 0 aromatic carbocycles. The molecule has 0 saturated carbocycles. The van der Waals surface area contributed by atoms with E-state index >= 15 is 0 Å². The Balaban J connectivity index is 0.000000653. The van der Waals surface area contributed by atoms with Crippen LogP contribution in [0.5, 0.6) is 0 Å². The van der Waals surface area contributed by atoms with E-state index in [9.17, 15) is 144 Å². The summed E-state index contributed by atoms with van der Waals surface area (Å²) in [5.74, 6) is -21.4. The number of hydrogen-bond donors (Lipinski definition) is 4. The third-order valence-corrected chi connectivity index (χ3v) is 22.1. The molecule has 6 aliphatic rings. The van der Waals surface area contributed by atoms with Crippen molar-refractivity contribution in [1.82, 2.24) is 66.3 Å². The Labute approximate surface area is 853 Å². The van der Waals surface area contributed by atoms with Gasteiger partial charge < -0.3 is 65.0 Å². The number of nitrogens with one attached hydrogen (secondary N) is 4.